The fourth-order valence-electron chi connectivity index (χ4n) is 1.12. The van der Waals surface area contributed by atoms with Crippen LogP contribution in [0, 0.1) is 0 Å². The third-order valence-corrected chi connectivity index (χ3v) is 4.49. The molecule has 0 unspecified atom stereocenters. The average Bonchev–Trinajstić information content (AvgIpc) is 2.76. The summed E-state index contributed by atoms with van der Waals surface area (Å²) in [6.07, 6.45) is 2.56. The minimum Gasteiger partial charge on any atom is -0.244 e. The Labute approximate surface area is 118 Å². The molecule has 0 fully saturated rings. The molecule has 0 aliphatic carbocycles. The lowest BCUT2D eigenvalue weighted by Crippen LogP contribution is -1.86. The molecule has 3 nitrogen and oxygen atoms in total. The molecule has 2 rings (SSSR count). The van der Waals surface area contributed by atoms with Gasteiger partial charge in [-0.3, -0.25) is 0 Å². The molecule has 0 aliphatic heterocycles. The lowest BCUT2D eigenvalue weighted by atomic mass is 10.3. The molecule has 0 radical (unpaired) electrons. The highest BCUT2D eigenvalue weighted by atomic mass is 35.5. The van der Waals surface area contributed by atoms with Crippen LogP contribution in [0.25, 0.3) is 0 Å². The molecule has 0 aliphatic rings. The maximum atomic E-state index is 6.06. The number of rotatable bonds is 4. The van der Waals surface area contributed by atoms with E-state index in [4.69, 9.17) is 23.2 Å². The van der Waals surface area contributed by atoms with Gasteiger partial charge in [0.25, 0.3) is 0 Å². The van der Waals surface area contributed by atoms with Crippen molar-refractivity contribution in [1.29, 1.82) is 0 Å². The highest BCUT2D eigenvalue weighted by molar-refractivity contribution is 8.00. The van der Waals surface area contributed by atoms with Crippen molar-refractivity contribution < 1.29 is 0 Å². The fourth-order valence-corrected chi connectivity index (χ4v) is 3.31. The molecule has 17 heavy (non-hydrogen) atoms. The maximum Gasteiger partial charge on any atom is 0.170 e. The number of pyridine rings is 1. The Hall–Kier alpha value is -0.360. The van der Waals surface area contributed by atoms with Crippen LogP contribution in [0.3, 0.4) is 0 Å². The Morgan fingerprint density at radius 1 is 1.41 bits per heavy atom. The summed E-state index contributed by atoms with van der Waals surface area (Å²) in [6.45, 7) is 2.04. The van der Waals surface area contributed by atoms with Gasteiger partial charge in [0.05, 0.1) is 0 Å². The van der Waals surface area contributed by atoms with Crippen molar-refractivity contribution in [3.63, 3.8) is 0 Å². The molecule has 2 aromatic heterocycles. The van der Waals surface area contributed by atoms with Gasteiger partial charge in [0, 0.05) is 23.4 Å². The molecule has 2 aromatic rings. The number of aryl methyl sites for hydroxylation is 1. The van der Waals surface area contributed by atoms with Crippen LogP contribution in [0.4, 0.5) is 0 Å². The summed E-state index contributed by atoms with van der Waals surface area (Å²) in [5.41, 5.74) is 0.953. The molecule has 0 N–H and O–H groups in total. The van der Waals surface area contributed by atoms with Crippen LogP contribution >= 0.6 is 46.5 Å². The smallest absolute Gasteiger partial charge is 0.170 e. The lowest BCUT2D eigenvalue weighted by molar-refractivity contribution is 0.971. The quantitative estimate of drug-likeness (QED) is 0.630. The summed E-state index contributed by atoms with van der Waals surface area (Å²) in [4.78, 5) is 8.38. The summed E-state index contributed by atoms with van der Waals surface area (Å²) in [5, 5.41) is 1.05. The van der Waals surface area contributed by atoms with E-state index in [-0.39, 0.29) is 0 Å². The zero-order valence-electron chi connectivity index (χ0n) is 8.98. The molecular formula is C10H9Cl2N3S2. The molecular weight excluding hydrogens is 297 g/mol. The first kappa shape index (κ1) is 13.1. The van der Waals surface area contributed by atoms with E-state index in [0.717, 1.165) is 27.9 Å². The van der Waals surface area contributed by atoms with Crippen LogP contribution in [0.1, 0.15) is 18.3 Å². The SMILES string of the molecule is CCc1nsc(SCc2cnc(Cl)cc2Cl)n1. The first-order valence-corrected chi connectivity index (χ1v) is 7.46. The molecule has 2 heterocycles. The number of thioether (sulfide) groups is 1. The van der Waals surface area contributed by atoms with E-state index in [1.165, 1.54) is 11.5 Å². The van der Waals surface area contributed by atoms with Gasteiger partial charge < -0.3 is 0 Å². The second-order valence-electron chi connectivity index (χ2n) is 3.22. The van der Waals surface area contributed by atoms with Gasteiger partial charge in [0.1, 0.15) is 11.0 Å². The second-order valence-corrected chi connectivity index (χ2v) is 5.99. The molecule has 0 amide bonds. The minimum atomic E-state index is 0.410. The van der Waals surface area contributed by atoms with Gasteiger partial charge in [-0.15, -0.1) is 0 Å². The second kappa shape index (κ2) is 6.00. The van der Waals surface area contributed by atoms with Crippen molar-refractivity contribution >= 4 is 46.5 Å². The van der Waals surface area contributed by atoms with Crippen LogP contribution < -0.4 is 0 Å². The van der Waals surface area contributed by atoms with Crippen molar-refractivity contribution in [3.8, 4) is 0 Å². The standard InChI is InChI=1S/C10H9Cl2N3S2/c1-2-9-14-10(17-15-9)16-5-6-4-13-8(12)3-7(6)11/h3-4H,2,5H2,1H3. The molecule has 0 atom stereocenters. The largest absolute Gasteiger partial charge is 0.244 e. The first-order chi connectivity index (χ1) is 8.19. The molecule has 0 spiro atoms. The van der Waals surface area contributed by atoms with Crippen LogP contribution in [0.15, 0.2) is 16.6 Å². The van der Waals surface area contributed by atoms with E-state index in [9.17, 15) is 0 Å². The van der Waals surface area contributed by atoms with Crippen molar-refractivity contribution in [2.45, 2.75) is 23.4 Å². The van der Waals surface area contributed by atoms with Gasteiger partial charge in [0.15, 0.2) is 4.34 Å². The topological polar surface area (TPSA) is 38.7 Å². The number of hydrogen-bond acceptors (Lipinski definition) is 5. The molecule has 0 saturated heterocycles. The van der Waals surface area contributed by atoms with Crippen LogP contribution in [0.2, 0.25) is 10.2 Å². The number of aromatic nitrogens is 3. The number of nitrogens with zero attached hydrogens (tertiary/aromatic N) is 3. The molecule has 90 valence electrons. The van der Waals surface area contributed by atoms with Gasteiger partial charge in [-0.2, -0.15) is 4.37 Å². The van der Waals surface area contributed by atoms with E-state index < -0.39 is 0 Å². The van der Waals surface area contributed by atoms with E-state index in [1.807, 2.05) is 6.92 Å². The van der Waals surface area contributed by atoms with Gasteiger partial charge >= 0.3 is 0 Å². The van der Waals surface area contributed by atoms with Crippen LogP contribution in [0.5, 0.6) is 0 Å². The number of hydrogen-bond donors (Lipinski definition) is 0. The van der Waals surface area contributed by atoms with Crippen LogP contribution in [-0.4, -0.2) is 14.3 Å². The normalized spacial score (nSPS) is 10.8. The van der Waals surface area contributed by atoms with E-state index in [1.54, 1.807) is 24.0 Å². The Morgan fingerprint density at radius 2 is 2.24 bits per heavy atom. The van der Waals surface area contributed by atoms with E-state index in [2.05, 4.69) is 14.3 Å². The highest BCUT2D eigenvalue weighted by Gasteiger charge is 2.06. The predicted molar refractivity (Wildman–Crippen MR) is 73.1 cm³/mol. The van der Waals surface area contributed by atoms with Crippen LogP contribution in [-0.2, 0) is 12.2 Å². The summed E-state index contributed by atoms with van der Waals surface area (Å²) in [5.74, 6) is 1.61. The van der Waals surface area contributed by atoms with E-state index in [0.29, 0.717) is 10.2 Å². The Balaban J connectivity index is 2.02. The minimum absolute atomic E-state index is 0.410. The van der Waals surface area contributed by atoms with Crippen molar-refractivity contribution in [2.24, 2.45) is 0 Å². The molecule has 0 saturated carbocycles. The summed E-state index contributed by atoms with van der Waals surface area (Å²) in [7, 11) is 0. The summed E-state index contributed by atoms with van der Waals surface area (Å²) < 4.78 is 5.18. The van der Waals surface area contributed by atoms with Gasteiger partial charge in [0.2, 0.25) is 0 Å². The zero-order valence-corrected chi connectivity index (χ0v) is 12.1. The Kier molecular flexibility index (Phi) is 4.62. The molecule has 0 bridgehead atoms. The third kappa shape index (κ3) is 3.55. The monoisotopic (exact) mass is 305 g/mol. The van der Waals surface area contributed by atoms with Crippen molar-refractivity contribution in [1.82, 2.24) is 14.3 Å². The summed E-state index contributed by atoms with van der Waals surface area (Å²) in [6, 6.07) is 1.65. The molecule has 7 heteroatoms. The van der Waals surface area contributed by atoms with Crippen molar-refractivity contribution in [3.05, 3.63) is 33.8 Å². The maximum absolute atomic E-state index is 6.06. The number of halogens is 2. The highest BCUT2D eigenvalue weighted by Crippen LogP contribution is 2.28. The molecule has 0 aromatic carbocycles. The Bertz CT molecular complexity index is 516. The average molecular weight is 306 g/mol. The first-order valence-electron chi connectivity index (χ1n) is 4.94. The zero-order chi connectivity index (χ0) is 12.3. The predicted octanol–water partition coefficient (Wildman–Crippen LogP) is 4.09. The fraction of sp³-hybridized carbons (Fsp3) is 0.300. The lowest BCUT2D eigenvalue weighted by Gasteiger charge is -2.01. The van der Waals surface area contributed by atoms with Gasteiger partial charge in [-0.25, -0.2) is 9.97 Å². The Morgan fingerprint density at radius 3 is 2.88 bits per heavy atom. The van der Waals surface area contributed by atoms with Gasteiger partial charge in [-0.05, 0) is 23.2 Å². The third-order valence-electron chi connectivity index (χ3n) is 2.01. The van der Waals surface area contributed by atoms with E-state index >= 15 is 0 Å². The summed E-state index contributed by atoms with van der Waals surface area (Å²) >= 11 is 14.8. The van der Waals surface area contributed by atoms with Crippen molar-refractivity contribution in [2.75, 3.05) is 0 Å². The van der Waals surface area contributed by atoms with Gasteiger partial charge in [-0.1, -0.05) is 41.9 Å².